The zero-order valence-electron chi connectivity index (χ0n) is 13.7. The van der Waals surface area contributed by atoms with Gasteiger partial charge in [0.2, 0.25) is 0 Å². The van der Waals surface area contributed by atoms with Gasteiger partial charge in [0.05, 0.1) is 16.5 Å². The number of nitrogens with zero attached hydrogens (tertiary/aromatic N) is 1. The summed E-state index contributed by atoms with van der Waals surface area (Å²) in [5, 5.41) is 9.08. The van der Waals surface area contributed by atoms with Gasteiger partial charge in [-0.15, -0.1) is 0 Å². The van der Waals surface area contributed by atoms with Gasteiger partial charge in [-0.25, -0.2) is 8.42 Å². The molecule has 0 aliphatic heterocycles. The summed E-state index contributed by atoms with van der Waals surface area (Å²) < 4.78 is 62.7. The lowest BCUT2D eigenvalue weighted by Gasteiger charge is -2.16. The molecule has 9 heteroatoms. The van der Waals surface area contributed by atoms with Crippen molar-refractivity contribution in [1.82, 2.24) is 0 Å². The quantitative estimate of drug-likeness (QED) is 0.563. The third kappa shape index (κ3) is 4.66. The minimum absolute atomic E-state index is 0.323. The number of Topliss-reactive ketones (excluding diaryl/α,β-unsaturated/α-hetero) is 2. The third-order valence-electron chi connectivity index (χ3n) is 3.76. The lowest BCUT2D eigenvalue weighted by molar-refractivity contribution is -0.138. The molecule has 0 saturated heterocycles. The largest absolute Gasteiger partial charge is 0.417 e. The SMILES string of the molecule is CCC(C)C(=O)C(C#N)C(=O)c1ccc(S(C)(=O)=O)cc1C(F)(F)F. The van der Waals surface area contributed by atoms with E-state index in [0.29, 0.717) is 18.6 Å². The highest BCUT2D eigenvalue weighted by Crippen LogP contribution is 2.35. The van der Waals surface area contributed by atoms with Gasteiger partial charge in [0.1, 0.15) is 0 Å². The number of rotatable bonds is 6. The van der Waals surface area contributed by atoms with Crippen LogP contribution >= 0.6 is 0 Å². The molecular weight excluding hydrogens is 359 g/mol. The number of carbonyl (C=O) groups is 2. The fraction of sp³-hybridized carbons (Fsp3) is 0.438. The van der Waals surface area contributed by atoms with Crippen LogP contribution in [0.4, 0.5) is 13.2 Å². The van der Waals surface area contributed by atoms with Crippen molar-refractivity contribution in [1.29, 1.82) is 5.26 Å². The van der Waals surface area contributed by atoms with Gasteiger partial charge in [-0.1, -0.05) is 13.8 Å². The molecule has 2 unspecified atom stereocenters. The first-order valence-corrected chi connectivity index (χ1v) is 9.12. The highest BCUT2D eigenvalue weighted by Gasteiger charge is 2.39. The van der Waals surface area contributed by atoms with Gasteiger partial charge in [-0.2, -0.15) is 18.4 Å². The van der Waals surface area contributed by atoms with E-state index >= 15 is 0 Å². The molecule has 136 valence electrons. The smallest absolute Gasteiger partial charge is 0.297 e. The van der Waals surface area contributed by atoms with Crippen LogP contribution in [0.15, 0.2) is 23.1 Å². The van der Waals surface area contributed by atoms with Crippen molar-refractivity contribution in [3.05, 3.63) is 29.3 Å². The van der Waals surface area contributed by atoms with Gasteiger partial charge >= 0.3 is 6.18 Å². The van der Waals surface area contributed by atoms with Gasteiger partial charge in [0.15, 0.2) is 27.3 Å². The van der Waals surface area contributed by atoms with Crippen molar-refractivity contribution in [2.24, 2.45) is 11.8 Å². The molecule has 0 fully saturated rings. The van der Waals surface area contributed by atoms with Crippen LogP contribution in [-0.4, -0.2) is 26.2 Å². The molecule has 25 heavy (non-hydrogen) atoms. The number of hydrogen-bond donors (Lipinski definition) is 0. The number of hydrogen-bond acceptors (Lipinski definition) is 5. The molecule has 5 nitrogen and oxygen atoms in total. The van der Waals surface area contributed by atoms with Gasteiger partial charge in [-0.05, 0) is 24.6 Å². The first-order valence-electron chi connectivity index (χ1n) is 7.23. The number of halogens is 3. The summed E-state index contributed by atoms with van der Waals surface area (Å²) in [6.45, 7) is 3.11. The van der Waals surface area contributed by atoms with E-state index in [9.17, 15) is 31.2 Å². The van der Waals surface area contributed by atoms with Crippen molar-refractivity contribution < 1.29 is 31.2 Å². The fourth-order valence-corrected chi connectivity index (χ4v) is 2.74. The zero-order chi connectivity index (χ0) is 19.6. The molecule has 2 atom stereocenters. The van der Waals surface area contributed by atoms with E-state index in [4.69, 9.17) is 5.26 Å². The summed E-state index contributed by atoms with van der Waals surface area (Å²) >= 11 is 0. The van der Waals surface area contributed by atoms with E-state index in [-0.39, 0.29) is 0 Å². The maximum absolute atomic E-state index is 13.3. The highest BCUT2D eigenvalue weighted by molar-refractivity contribution is 7.90. The fourth-order valence-electron chi connectivity index (χ4n) is 2.10. The standard InChI is InChI=1S/C16H16F3NO4S/c1-4-9(2)14(21)12(8-20)15(22)11-6-5-10(25(3,23)24)7-13(11)16(17,18)19/h5-7,9,12H,4H2,1-3H3. The summed E-state index contributed by atoms with van der Waals surface area (Å²) in [4.78, 5) is 23.8. The molecule has 0 N–H and O–H groups in total. The van der Waals surface area contributed by atoms with E-state index in [1.54, 1.807) is 6.92 Å². The summed E-state index contributed by atoms with van der Waals surface area (Å²) in [7, 11) is -3.93. The normalized spacial score (nSPS) is 14.4. The molecule has 0 aliphatic carbocycles. The Morgan fingerprint density at radius 2 is 1.84 bits per heavy atom. The molecular formula is C16H16F3NO4S. The predicted octanol–water partition coefficient (Wildman–Crippen LogP) is 3.05. The lowest BCUT2D eigenvalue weighted by atomic mass is 9.86. The Morgan fingerprint density at radius 1 is 1.28 bits per heavy atom. The summed E-state index contributed by atoms with van der Waals surface area (Å²) in [5.41, 5.74) is -2.39. The maximum Gasteiger partial charge on any atom is 0.417 e. The zero-order valence-corrected chi connectivity index (χ0v) is 14.5. The summed E-state index contributed by atoms with van der Waals surface area (Å²) in [6, 6.07) is 3.33. The molecule has 0 amide bonds. The van der Waals surface area contributed by atoms with Crippen LogP contribution in [0.2, 0.25) is 0 Å². The number of ketones is 2. The molecule has 1 rings (SSSR count). The molecule has 0 radical (unpaired) electrons. The Bertz CT molecular complexity index is 838. The number of alkyl halides is 3. The Morgan fingerprint density at radius 3 is 2.24 bits per heavy atom. The number of nitriles is 1. The van der Waals surface area contributed by atoms with Crippen LogP contribution in [0, 0.1) is 23.2 Å². The number of sulfone groups is 1. The average Bonchev–Trinajstić information content (AvgIpc) is 2.52. The van der Waals surface area contributed by atoms with E-state index in [1.165, 1.54) is 13.0 Å². The summed E-state index contributed by atoms with van der Waals surface area (Å²) in [6.07, 6.45) is -3.97. The van der Waals surface area contributed by atoms with Gasteiger partial charge in [-0.3, -0.25) is 9.59 Å². The molecule has 0 bridgehead atoms. The lowest BCUT2D eigenvalue weighted by Crippen LogP contribution is -2.29. The van der Waals surface area contributed by atoms with Gasteiger partial charge in [0.25, 0.3) is 0 Å². The van der Waals surface area contributed by atoms with E-state index in [1.807, 2.05) is 0 Å². The van der Waals surface area contributed by atoms with Crippen LogP contribution in [0.25, 0.3) is 0 Å². The molecule has 0 aliphatic rings. The van der Waals surface area contributed by atoms with Crippen LogP contribution in [0.3, 0.4) is 0 Å². The van der Waals surface area contributed by atoms with Crippen molar-refractivity contribution in [2.75, 3.05) is 6.26 Å². The average molecular weight is 375 g/mol. The van der Waals surface area contributed by atoms with Crippen molar-refractivity contribution >= 4 is 21.4 Å². The predicted molar refractivity (Wildman–Crippen MR) is 82.4 cm³/mol. The molecule has 0 aromatic heterocycles. The van der Waals surface area contributed by atoms with E-state index in [0.717, 1.165) is 12.3 Å². The van der Waals surface area contributed by atoms with Crippen LogP contribution in [-0.2, 0) is 20.8 Å². The number of carbonyl (C=O) groups excluding carboxylic acids is 2. The first-order chi connectivity index (χ1) is 11.3. The van der Waals surface area contributed by atoms with Crippen molar-refractivity contribution in [2.45, 2.75) is 31.3 Å². The Balaban J connectivity index is 3.53. The minimum atomic E-state index is -5.02. The Labute approximate surface area is 143 Å². The number of benzene rings is 1. The monoisotopic (exact) mass is 375 g/mol. The van der Waals surface area contributed by atoms with Gasteiger partial charge in [0, 0.05) is 17.7 Å². The second kappa shape index (κ2) is 7.35. The molecule has 0 spiro atoms. The van der Waals surface area contributed by atoms with Crippen LogP contribution < -0.4 is 0 Å². The first kappa shape index (κ1) is 20.8. The molecule has 1 aromatic rings. The second-order valence-electron chi connectivity index (χ2n) is 5.62. The summed E-state index contributed by atoms with van der Waals surface area (Å²) in [5.74, 6) is -4.60. The van der Waals surface area contributed by atoms with E-state index < -0.39 is 55.4 Å². The highest BCUT2D eigenvalue weighted by atomic mass is 32.2. The van der Waals surface area contributed by atoms with Crippen LogP contribution in [0.5, 0.6) is 0 Å². The molecule has 0 heterocycles. The third-order valence-corrected chi connectivity index (χ3v) is 4.87. The molecule has 1 aromatic carbocycles. The van der Waals surface area contributed by atoms with Crippen LogP contribution in [0.1, 0.15) is 36.2 Å². The van der Waals surface area contributed by atoms with Crippen molar-refractivity contribution in [3.63, 3.8) is 0 Å². The van der Waals surface area contributed by atoms with Gasteiger partial charge < -0.3 is 0 Å². The van der Waals surface area contributed by atoms with Crippen molar-refractivity contribution in [3.8, 4) is 6.07 Å². The molecule has 0 saturated carbocycles. The van der Waals surface area contributed by atoms with E-state index in [2.05, 4.69) is 0 Å². The second-order valence-corrected chi connectivity index (χ2v) is 7.63. The topological polar surface area (TPSA) is 92.1 Å². The Kier molecular flexibility index (Phi) is 6.13. The Hall–Kier alpha value is -2.21. The minimum Gasteiger partial charge on any atom is -0.297 e. The maximum atomic E-state index is 13.3.